The second kappa shape index (κ2) is 38.5. The minimum atomic E-state index is -2.47. The number of anilines is 2. The number of non-ortho nitro benzene ring substituents is 1. The molecule has 109 heavy (non-hydrogen) atoms. The predicted molar refractivity (Wildman–Crippen MR) is 400 cm³/mol. The van der Waals surface area contributed by atoms with Crippen LogP contribution in [0.1, 0.15) is 78.8 Å². The summed E-state index contributed by atoms with van der Waals surface area (Å²) in [4.78, 5) is 79.9. The summed E-state index contributed by atoms with van der Waals surface area (Å²) in [6.45, 7) is 2.51. The zero-order chi connectivity index (χ0) is 78.5. The van der Waals surface area contributed by atoms with Gasteiger partial charge in [-0.05, 0) is 98.5 Å². The van der Waals surface area contributed by atoms with Gasteiger partial charge < -0.3 is 89.4 Å². The molecule has 580 valence electrons. The highest BCUT2D eigenvalue weighted by molar-refractivity contribution is 6.09. The Labute approximate surface area is 627 Å². The minimum Gasteiger partial charge on any atom is -0.494 e. The Hall–Kier alpha value is -11.2. The molecule has 3 heterocycles. The number of nitro groups is 1. The van der Waals surface area contributed by atoms with E-state index in [2.05, 4.69) is 52.0 Å². The molecule has 6 aromatic rings. The highest BCUT2D eigenvalue weighted by atomic mass is 16.8. The van der Waals surface area contributed by atoms with Gasteiger partial charge in [0.05, 0.1) is 87.9 Å². The number of azo groups is 2. The summed E-state index contributed by atoms with van der Waals surface area (Å²) in [6, 6.07) is 30.8. The van der Waals surface area contributed by atoms with Crippen molar-refractivity contribution in [1.82, 2.24) is 40.8 Å². The Morgan fingerprint density at radius 3 is 2.04 bits per heavy atom. The number of aromatic carboxylic acids is 1. The van der Waals surface area contributed by atoms with Crippen molar-refractivity contribution in [3.05, 3.63) is 154 Å². The number of aliphatic hydroxyl groups excluding tert-OH is 3. The van der Waals surface area contributed by atoms with Gasteiger partial charge in [-0.1, -0.05) is 24.1 Å². The number of aliphatic hydroxyl groups is 4. The van der Waals surface area contributed by atoms with Gasteiger partial charge in [0.1, 0.15) is 78.4 Å². The number of methoxy groups -OCH3 is 2. The first-order valence-corrected chi connectivity index (χ1v) is 35.2. The van der Waals surface area contributed by atoms with Crippen LogP contribution in [-0.4, -0.2) is 213 Å². The molecule has 7 atom stereocenters. The van der Waals surface area contributed by atoms with Crippen molar-refractivity contribution in [2.75, 3.05) is 105 Å². The first kappa shape index (κ1) is 81.8. The maximum Gasteiger partial charge on any atom is 0.336 e. The van der Waals surface area contributed by atoms with Crippen molar-refractivity contribution in [3.63, 3.8) is 0 Å². The maximum atomic E-state index is 13.8. The van der Waals surface area contributed by atoms with Gasteiger partial charge in [-0.2, -0.15) is 10.2 Å². The van der Waals surface area contributed by atoms with Gasteiger partial charge in [0.15, 0.2) is 18.2 Å². The molecule has 1 fully saturated rings. The van der Waals surface area contributed by atoms with Crippen molar-refractivity contribution < 1.29 is 87.3 Å². The smallest absolute Gasteiger partial charge is 0.336 e. The number of unbranched alkanes of at least 4 members (excludes halogenated alkanes) is 3. The molecule has 5 aromatic carbocycles. The van der Waals surface area contributed by atoms with Crippen molar-refractivity contribution in [3.8, 4) is 33.9 Å². The standard InChI is InChI=1S/C75H91N15O19/c1-45(92)79-67-69(95)68(94)64(44-91)108-72(67)109-74(75(2,100)73(99)77-31-13-11-10-12-30-76-70(96)46-16-27-54(57(37-46)71(97)98)66-55-28-25-52(86(3)4)38-60(55)107-61-39-53(87(5)6)26-29-56(61)66)106-36-35-105-34-33-89-43-49(82-85-89)42-78-65(93)15-14-32-88(7)50-21-17-47(18-22-50)80-83-58-40-63(104-9)59(41-62(58)103-8)84-81-48-19-23-51(24-20-48)90(101)102/h16-29,37-41,43,64,67-69,72,74,91,94-95,100H,10-15,30-36,42,44H2,1-9H3,(H4-,76,77,78,79,92,93,96,97,98,99)/p+1/t64-,67-,68-,69-,72+,74-,75+/m1/s1. The van der Waals surface area contributed by atoms with Crippen molar-refractivity contribution in [2.45, 2.75) is 108 Å². The van der Waals surface area contributed by atoms with Gasteiger partial charge >= 0.3 is 5.97 Å². The third-order valence-corrected chi connectivity index (χ3v) is 17.9. The van der Waals surface area contributed by atoms with E-state index in [-0.39, 0.29) is 75.1 Å². The van der Waals surface area contributed by atoms with Crippen LogP contribution in [0, 0.1) is 10.1 Å². The van der Waals surface area contributed by atoms with E-state index in [9.17, 15) is 59.6 Å². The van der Waals surface area contributed by atoms with E-state index in [1.807, 2.05) is 98.1 Å². The third-order valence-electron chi connectivity index (χ3n) is 17.9. The molecule has 0 unspecified atom stereocenters. The molecule has 4 amide bonds. The van der Waals surface area contributed by atoms with Crippen LogP contribution in [0.5, 0.6) is 11.5 Å². The van der Waals surface area contributed by atoms with Crippen LogP contribution in [0.15, 0.2) is 146 Å². The normalized spacial score (nSPS) is 16.5. The predicted octanol–water partition coefficient (Wildman–Crippen LogP) is 7.06. The van der Waals surface area contributed by atoms with Crippen LogP contribution < -0.4 is 50.5 Å². The average molecular weight is 1510 g/mol. The molecule has 0 radical (unpaired) electrons. The Morgan fingerprint density at radius 2 is 1.41 bits per heavy atom. The maximum absolute atomic E-state index is 13.8. The van der Waals surface area contributed by atoms with Gasteiger partial charge in [-0.15, -0.1) is 15.3 Å². The SMILES string of the molecule is COc1cc(N=Nc2ccc([N+](=O)[O-])cc2)c(OC)cc1N=Nc1ccc(N(C)CCCC(=O)NCc2cn(CCOCCO[C@H](O[C@@H]3O[C@H](CO)[C@@H](O)[C@H](O)[C@H]3NC(C)=O)[C@@](C)(O)C(=O)NCCCCCCNC(=O)c3ccc(-c4c5ccc(=[N+](C)C)cc-5oc5cc(N(C)C)ccc45)c(C(=O)O)c3)nn2)cc1. The summed E-state index contributed by atoms with van der Waals surface area (Å²) >= 11 is 0. The lowest BCUT2D eigenvalue weighted by Crippen LogP contribution is -2.66. The lowest BCUT2D eigenvalue weighted by atomic mass is 9.89. The zero-order valence-electron chi connectivity index (χ0n) is 62.0. The van der Waals surface area contributed by atoms with E-state index in [1.54, 1.807) is 42.6 Å². The molecule has 9 rings (SSSR count). The topological polar surface area (TPSA) is 436 Å². The molecule has 1 aromatic heterocycles. The number of carboxylic acids is 1. The first-order chi connectivity index (χ1) is 52.3. The highest BCUT2D eigenvalue weighted by Crippen LogP contribution is 2.44. The molecule has 34 heteroatoms. The Bertz CT molecular complexity index is 4580. The van der Waals surface area contributed by atoms with Gasteiger partial charge in [-0.25, -0.2) is 14.1 Å². The first-order valence-electron chi connectivity index (χ1n) is 35.2. The van der Waals surface area contributed by atoms with Gasteiger partial charge in [0.25, 0.3) is 17.5 Å². The van der Waals surface area contributed by atoms with Crippen LogP contribution in [-0.2, 0) is 46.4 Å². The summed E-state index contributed by atoms with van der Waals surface area (Å²) in [6.07, 6.45) is -3.66. The molecule has 0 bridgehead atoms. The number of fused-ring (bicyclic) bond motifs is 2. The van der Waals surface area contributed by atoms with Gasteiger partial charge in [0.2, 0.25) is 17.2 Å². The largest absolute Gasteiger partial charge is 0.494 e. The van der Waals surface area contributed by atoms with E-state index < -0.39 is 77.8 Å². The number of nitro benzene ring substituents is 1. The van der Waals surface area contributed by atoms with Gasteiger partial charge in [0, 0.05) is 124 Å². The average Bonchev–Trinajstić information content (AvgIpc) is 1.13. The number of benzene rings is 6. The highest BCUT2D eigenvalue weighted by Gasteiger charge is 2.50. The van der Waals surface area contributed by atoms with E-state index in [0.29, 0.717) is 112 Å². The molecule has 0 spiro atoms. The number of hydrogen-bond acceptors (Lipinski definition) is 26. The van der Waals surface area contributed by atoms with Crippen LogP contribution >= 0.6 is 0 Å². The van der Waals surface area contributed by atoms with Crippen LogP contribution in [0.4, 0.5) is 39.8 Å². The second-order valence-electron chi connectivity index (χ2n) is 26.3. The van der Waals surface area contributed by atoms with Crippen molar-refractivity contribution in [1.29, 1.82) is 0 Å². The van der Waals surface area contributed by atoms with Crippen LogP contribution in [0.3, 0.4) is 0 Å². The molecular formula is C75H92N15O19+. The third kappa shape index (κ3) is 21.8. The molecule has 3 aliphatic rings. The lowest BCUT2D eigenvalue weighted by molar-refractivity contribution is -0.384. The lowest BCUT2D eigenvalue weighted by Gasteiger charge is -2.44. The Kier molecular flexibility index (Phi) is 28.9. The number of carbonyl (C=O) groups is 5. The number of rotatable bonds is 38. The number of carbonyl (C=O) groups excluding carboxylic acids is 4. The quantitative estimate of drug-likeness (QED) is 0.00355. The minimum absolute atomic E-state index is 0.0617. The number of aromatic nitrogens is 3. The fourth-order valence-corrected chi connectivity index (χ4v) is 11.8. The number of amides is 4. The fourth-order valence-electron chi connectivity index (χ4n) is 11.8. The molecular weight excluding hydrogens is 1410 g/mol. The monoisotopic (exact) mass is 1510 g/mol. The van der Waals surface area contributed by atoms with Crippen LogP contribution in [0.25, 0.3) is 33.4 Å². The molecule has 34 nitrogen and oxygen atoms in total. The summed E-state index contributed by atoms with van der Waals surface area (Å²) in [5, 5.41) is 103. The molecule has 2 aliphatic heterocycles. The summed E-state index contributed by atoms with van der Waals surface area (Å²) in [7, 11) is 12.5. The summed E-state index contributed by atoms with van der Waals surface area (Å²) in [5.41, 5.74) is 3.84. The summed E-state index contributed by atoms with van der Waals surface area (Å²) in [5.74, 6) is -2.17. The van der Waals surface area contributed by atoms with E-state index in [4.69, 9.17) is 32.8 Å². The van der Waals surface area contributed by atoms with Crippen molar-refractivity contribution >= 4 is 80.4 Å². The molecule has 1 saturated heterocycles. The molecule has 1 aliphatic carbocycles. The number of nitrogens with one attached hydrogen (secondary N) is 4. The van der Waals surface area contributed by atoms with E-state index in [1.165, 1.54) is 49.2 Å². The molecule has 9 N–H and O–H groups in total. The summed E-state index contributed by atoms with van der Waals surface area (Å²) < 4.78 is 44.4. The number of hydrogen-bond donors (Lipinski definition) is 9. The Balaban J connectivity index is 0.702. The fraction of sp³-hybridized carbons (Fsp3) is 0.413. The number of nitrogens with zero attached hydrogens (tertiary/aromatic N) is 11. The number of ether oxygens (including phenoxy) is 6. The molecule has 0 saturated carbocycles. The Morgan fingerprint density at radius 1 is 0.761 bits per heavy atom. The van der Waals surface area contributed by atoms with Gasteiger partial charge in [-0.3, -0.25) is 29.3 Å². The van der Waals surface area contributed by atoms with E-state index >= 15 is 0 Å². The van der Waals surface area contributed by atoms with Crippen LogP contribution in [0.2, 0.25) is 0 Å². The number of carboxylic acid groups (broad SMARTS) is 1. The zero-order valence-corrected chi connectivity index (χ0v) is 62.0. The van der Waals surface area contributed by atoms with Crippen molar-refractivity contribution in [2.24, 2.45) is 20.5 Å². The second-order valence-corrected chi connectivity index (χ2v) is 26.3. The van der Waals surface area contributed by atoms with E-state index in [0.717, 1.165) is 30.6 Å².